The SMILES string of the molecule is N=C(c1ccccc1NCC1(F)CCNCC1)c1ccnc2c1COC(=O)N2. The molecule has 0 atom stereocenters. The molecule has 0 radical (unpaired) electrons. The number of alkyl halides is 1. The van der Waals surface area contributed by atoms with Gasteiger partial charge in [0.1, 0.15) is 18.1 Å². The Kier molecular flexibility index (Phi) is 4.95. The maximum absolute atomic E-state index is 15.0. The molecule has 3 heterocycles. The molecule has 4 rings (SSSR count). The number of rotatable bonds is 5. The van der Waals surface area contributed by atoms with E-state index in [2.05, 4.69) is 20.9 Å². The normalized spacial score (nSPS) is 17.8. The van der Waals surface area contributed by atoms with Gasteiger partial charge in [0.25, 0.3) is 0 Å². The minimum Gasteiger partial charge on any atom is -0.444 e. The first kappa shape index (κ1) is 18.4. The number of hydrogen-bond donors (Lipinski definition) is 4. The summed E-state index contributed by atoms with van der Waals surface area (Å²) >= 11 is 0. The van der Waals surface area contributed by atoms with Crippen molar-refractivity contribution in [2.45, 2.75) is 25.1 Å². The molecule has 0 unspecified atom stereocenters. The first-order valence-electron chi connectivity index (χ1n) is 9.29. The van der Waals surface area contributed by atoms with Crippen LogP contribution >= 0.6 is 0 Å². The maximum atomic E-state index is 15.0. The molecule has 2 aliphatic rings. The van der Waals surface area contributed by atoms with Crippen LogP contribution in [0.2, 0.25) is 0 Å². The molecule has 0 bridgehead atoms. The molecule has 7 nitrogen and oxygen atoms in total. The number of amides is 1. The smallest absolute Gasteiger partial charge is 0.413 e. The fourth-order valence-corrected chi connectivity index (χ4v) is 3.56. The van der Waals surface area contributed by atoms with E-state index in [1.807, 2.05) is 24.3 Å². The fourth-order valence-electron chi connectivity index (χ4n) is 3.56. The minimum absolute atomic E-state index is 0.0584. The Balaban J connectivity index is 1.59. The van der Waals surface area contributed by atoms with Crippen LogP contribution in [0.5, 0.6) is 0 Å². The topological polar surface area (TPSA) is 99.1 Å². The molecule has 0 aliphatic carbocycles. The second-order valence-electron chi connectivity index (χ2n) is 7.06. The van der Waals surface area contributed by atoms with E-state index in [0.29, 0.717) is 54.1 Å². The lowest BCUT2D eigenvalue weighted by Gasteiger charge is -2.31. The van der Waals surface area contributed by atoms with Gasteiger partial charge in [0.2, 0.25) is 0 Å². The van der Waals surface area contributed by atoms with Gasteiger partial charge in [-0.3, -0.25) is 10.7 Å². The van der Waals surface area contributed by atoms with E-state index < -0.39 is 11.8 Å². The lowest BCUT2D eigenvalue weighted by molar-refractivity contribution is 0.131. The zero-order valence-corrected chi connectivity index (χ0v) is 15.3. The van der Waals surface area contributed by atoms with Crippen LogP contribution in [0, 0.1) is 5.41 Å². The van der Waals surface area contributed by atoms with E-state index in [9.17, 15) is 9.18 Å². The number of halogens is 1. The maximum Gasteiger partial charge on any atom is 0.413 e. The van der Waals surface area contributed by atoms with Crippen molar-refractivity contribution in [2.75, 3.05) is 30.3 Å². The van der Waals surface area contributed by atoms with E-state index in [1.165, 1.54) is 0 Å². The summed E-state index contributed by atoms with van der Waals surface area (Å²) < 4.78 is 20.0. The Morgan fingerprint density at radius 1 is 1.25 bits per heavy atom. The number of para-hydroxylation sites is 1. The van der Waals surface area contributed by atoms with Crippen molar-refractivity contribution in [1.29, 1.82) is 5.41 Å². The summed E-state index contributed by atoms with van der Waals surface area (Å²) in [5.74, 6) is 0.404. The summed E-state index contributed by atoms with van der Waals surface area (Å²) in [6, 6.07) is 9.10. The van der Waals surface area contributed by atoms with Crippen LogP contribution in [0.1, 0.15) is 29.5 Å². The fraction of sp³-hybridized carbons (Fsp3) is 0.350. The van der Waals surface area contributed by atoms with Crippen molar-refractivity contribution >= 4 is 23.3 Å². The number of fused-ring (bicyclic) bond motifs is 1. The van der Waals surface area contributed by atoms with Crippen molar-refractivity contribution in [2.24, 2.45) is 0 Å². The average Bonchev–Trinajstić information content (AvgIpc) is 2.72. The van der Waals surface area contributed by atoms with Gasteiger partial charge in [-0.2, -0.15) is 0 Å². The molecule has 1 aromatic heterocycles. The van der Waals surface area contributed by atoms with Crippen molar-refractivity contribution in [1.82, 2.24) is 10.3 Å². The van der Waals surface area contributed by atoms with Crippen molar-refractivity contribution in [3.63, 3.8) is 0 Å². The van der Waals surface area contributed by atoms with E-state index in [-0.39, 0.29) is 18.9 Å². The van der Waals surface area contributed by atoms with Crippen molar-refractivity contribution in [3.8, 4) is 0 Å². The summed E-state index contributed by atoms with van der Waals surface area (Å²) in [7, 11) is 0. The summed E-state index contributed by atoms with van der Waals surface area (Å²) in [6.07, 6.45) is 1.93. The number of nitrogens with one attached hydrogen (secondary N) is 4. The van der Waals surface area contributed by atoms with Crippen LogP contribution in [0.15, 0.2) is 36.5 Å². The number of hydrogen-bond acceptors (Lipinski definition) is 6. The van der Waals surface area contributed by atoms with E-state index in [4.69, 9.17) is 10.1 Å². The van der Waals surface area contributed by atoms with Crippen LogP contribution in [-0.2, 0) is 11.3 Å². The molecule has 1 fully saturated rings. The number of pyridine rings is 1. The van der Waals surface area contributed by atoms with Crippen molar-refractivity contribution in [3.05, 3.63) is 53.2 Å². The lowest BCUT2D eigenvalue weighted by atomic mass is 9.93. The monoisotopic (exact) mass is 383 g/mol. The second kappa shape index (κ2) is 7.55. The Hall–Kier alpha value is -3.00. The predicted molar refractivity (Wildman–Crippen MR) is 105 cm³/mol. The number of carbonyl (C=O) groups is 1. The molecule has 0 saturated carbocycles. The molecule has 1 amide bonds. The third kappa shape index (κ3) is 3.68. The van der Waals surface area contributed by atoms with Gasteiger partial charge < -0.3 is 15.4 Å². The van der Waals surface area contributed by atoms with Crippen LogP contribution in [0.25, 0.3) is 0 Å². The lowest BCUT2D eigenvalue weighted by Crippen LogP contribution is -2.43. The highest BCUT2D eigenvalue weighted by Gasteiger charge is 2.31. The first-order chi connectivity index (χ1) is 13.6. The van der Waals surface area contributed by atoms with Crippen LogP contribution < -0.4 is 16.0 Å². The van der Waals surface area contributed by atoms with Crippen molar-refractivity contribution < 1.29 is 13.9 Å². The van der Waals surface area contributed by atoms with Crippen LogP contribution in [0.4, 0.5) is 20.7 Å². The number of anilines is 2. The summed E-state index contributed by atoms with van der Waals surface area (Å²) in [5.41, 5.74) is 1.65. The Morgan fingerprint density at radius 3 is 2.86 bits per heavy atom. The molecule has 1 saturated heterocycles. The third-order valence-corrected chi connectivity index (χ3v) is 5.18. The molecule has 8 heteroatoms. The molecule has 28 heavy (non-hydrogen) atoms. The quantitative estimate of drug-likeness (QED) is 0.595. The molecule has 1 aromatic carbocycles. The van der Waals surface area contributed by atoms with Crippen LogP contribution in [0.3, 0.4) is 0 Å². The van der Waals surface area contributed by atoms with Gasteiger partial charge in [0, 0.05) is 35.1 Å². The van der Waals surface area contributed by atoms with E-state index in [0.717, 1.165) is 0 Å². The third-order valence-electron chi connectivity index (χ3n) is 5.18. The number of benzene rings is 1. The average molecular weight is 383 g/mol. The predicted octanol–water partition coefficient (Wildman–Crippen LogP) is 3.06. The summed E-state index contributed by atoms with van der Waals surface area (Å²) in [5, 5.41) is 17.7. The Labute approximate surface area is 162 Å². The van der Waals surface area contributed by atoms with Gasteiger partial charge in [-0.25, -0.2) is 14.2 Å². The largest absolute Gasteiger partial charge is 0.444 e. The van der Waals surface area contributed by atoms with Gasteiger partial charge in [0.05, 0.1) is 5.71 Å². The number of nitrogens with zero attached hydrogens (tertiary/aromatic N) is 1. The van der Waals surface area contributed by atoms with Gasteiger partial charge >= 0.3 is 6.09 Å². The standard InChI is InChI=1S/C20H22FN5O2/c21-20(6-9-23-10-7-20)12-25-16-4-2-1-3-14(16)17(22)13-5-8-24-18-15(13)11-28-19(27)26-18/h1-5,8,22-23,25H,6-7,9-12H2,(H,24,26,27). The molecule has 2 aliphatic heterocycles. The number of aromatic nitrogens is 1. The Morgan fingerprint density at radius 2 is 2.04 bits per heavy atom. The van der Waals surface area contributed by atoms with Gasteiger partial charge in [-0.05, 0) is 38.1 Å². The highest BCUT2D eigenvalue weighted by Crippen LogP contribution is 2.29. The molecular weight excluding hydrogens is 361 g/mol. The van der Waals surface area contributed by atoms with Gasteiger partial charge in [0.15, 0.2) is 0 Å². The first-order valence-corrected chi connectivity index (χ1v) is 9.29. The summed E-state index contributed by atoms with van der Waals surface area (Å²) in [4.78, 5) is 15.6. The second-order valence-corrected chi connectivity index (χ2v) is 7.06. The minimum atomic E-state index is -1.26. The zero-order chi connectivity index (χ0) is 19.6. The van der Waals surface area contributed by atoms with Gasteiger partial charge in [-0.1, -0.05) is 18.2 Å². The highest BCUT2D eigenvalue weighted by atomic mass is 19.1. The number of ether oxygens (including phenoxy) is 1. The molecule has 146 valence electrons. The number of piperidine rings is 1. The molecule has 4 N–H and O–H groups in total. The Bertz CT molecular complexity index is 911. The molecular formula is C20H22FN5O2. The molecule has 0 spiro atoms. The van der Waals surface area contributed by atoms with E-state index in [1.54, 1.807) is 12.3 Å². The van der Waals surface area contributed by atoms with Gasteiger partial charge in [-0.15, -0.1) is 0 Å². The summed E-state index contributed by atoms with van der Waals surface area (Å²) in [6.45, 7) is 1.60. The van der Waals surface area contributed by atoms with E-state index >= 15 is 0 Å². The molecule has 2 aromatic rings. The highest BCUT2D eigenvalue weighted by molar-refractivity contribution is 6.15. The zero-order valence-electron chi connectivity index (χ0n) is 15.3. The number of carbonyl (C=O) groups excluding carboxylic acids is 1. The number of cyclic esters (lactones) is 1. The van der Waals surface area contributed by atoms with Crippen LogP contribution in [-0.4, -0.2) is 42.1 Å².